The summed E-state index contributed by atoms with van der Waals surface area (Å²) >= 11 is 0. The second-order valence-electron chi connectivity index (χ2n) is 4.13. The van der Waals surface area contributed by atoms with Gasteiger partial charge in [-0.05, 0) is 19.8 Å². The second-order valence-corrected chi connectivity index (χ2v) is 6.43. The summed E-state index contributed by atoms with van der Waals surface area (Å²) in [4.78, 5) is 11.3. The van der Waals surface area contributed by atoms with E-state index in [2.05, 4.69) is 10.6 Å². The number of amides is 2. The van der Waals surface area contributed by atoms with Crippen LogP contribution < -0.4 is 10.6 Å². The third kappa shape index (κ3) is 4.80. The number of sulfone groups is 1. The maximum atomic E-state index is 11.3. The number of aliphatic hydroxyl groups is 1. The normalized spacial score (nSPS) is 22.4. The molecule has 1 aliphatic heterocycles. The lowest BCUT2D eigenvalue weighted by Crippen LogP contribution is -2.46. The molecule has 1 atom stereocenters. The minimum Gasteiger partial charge on any atom is -0.392 e. The van der Waals surface area contributed by atoms with Gasteiger partial charge in [-0.15, -0.1) is 0 Å². The van der Waals surface area contributed by atoms with Gasteiger partial charge in [0.05, 0.1) is 17.6 Å². The largest absolute Gasteiger partial charge is 0.392 e. The monoisotopic (exact) mass is 250 g/mol. The van der Waals surface area contributed by atoms with Crippen molar-refractivity contribution >= 4 is 15.9 Å². The van der Waals surface area contributed by atoms with Gasteiger partial charge in [-0.3, -0.25) is 0 Å². The maximum absolute atomic E-state index is 11.3. The second kappa shape index (κ2) is 5.49. The van der Waals surface area contributed by atoms with Crippen LogP contribution in [-0.2, 0) is 9.84 Å². The van der Waals surface area contributed by atoms with Crippen molar-refractivity contribution in [3.8, 4) is 0 Å². The Bertz CT molecular complexity index is 325. The smallest absolute Gasteiger partial charge is 0.315 e. The van der Waals surface area contributed by atoms with Crippen LogP contribution in [0.15, 0.2) is 0 Å². The predicted molar refractivity (Wildman–Crippen MR) is 59.9 cm³/mol. The Balaban J connectivity index is 2.26. The molecule has 1 fully saturated rings. The third-order valence-corrected chi connectivity index (χ3v) is 4.16. The Labute approximate surface area is 95.3 Å². The van der Waals surface area contributed by atoms with E-state index < -0.39 is 15.9 Å². The van der Waals surface area contributed by atoms with Gasteiger partial charge in [0.25, 0.3) is 0 Å². The number of hydrogen-bond acceptors (Lipinski definition) is 4. The van der Waals surface area contributed by atoms with Gasteiger partial charge in [0.15, 0.2) is 0 Å². The van der Waals surface area contributed by atoms with Gasteiger partial charge in [0, 0.05) is 12.6 Å². The molecule has 7 heteroatoms. The number of carbonyl (C=O) groups excluding carboxylic acids is 1. The standard InChI is InChI=1S/C9H18N2O4S/c1-7(12)6-10-9(13)11-8-2-4-16(14,15)5-3-8/h7-8,12H,2-6H2,1H3,(H2,10,11,13). The van der Waals surface area contributed by atoms with Gasteiger partial charge in [0.1, 0.15) is 9.84 Å². The first-order valence-electron chi connectivity index (χ1n) is 5.32. The van der Waals surface area contributed by atoms with Crippen molar-refractivity contribution in [2.24, 2.45) is 0 Å². The lowest BCUT2D eigenvalue weighted by molar-refractivity contribution is 0.186. The molecule has 0 bridgehead atoms. The van der Waals surface area contributed by atoms with Crippen LogP contribution in [0.1, 0.15) is 19.8 Å². The fourth-order valence-corrected chi connectivity index (χ4v) is 3.00. The first-order valence-corrected chi connectivity index (χ1v) is 7.14. The fourth-order valence-electron chi connectivity index (χ4n) is 1.51. The molecule has 2 amide bonds. The van der Waals surface area contributed by atoms with E-state index in [4.69, 9.17) is 5.11 Å². The van der Waals surface area contributed by atoms with Crippen LogP contribution in [0.25, 0.3) is 0 Å². The molecule has 1 rings (SSSR count). The highest BCUT2D eigenvalue weighted by molar-refractivity contribution is 7.91. The molecule has 0 aliphatic carbocycles. The Hall–Kier alpha value is -0.820. The molecular weight excluding hydrogens is 232 g/mol. The third-order valence-electron chi connectivity index (χ3n) is 2.45. The van der Waals surface area contributed by atoms with E-state index in [1.165, 1.54) is 0 Å². The summed E-state index contributed by atoms with van der Waals surface area (Å²) in [6, 6.07) is -0.442. The van der Waals surface area contributed by atoms with Crippen LogP contribution in [0.4, 0.5) is 4.79 Å². The number of hydrogen-bond donors (Lipinski definition) is 3. The van der Waals surface area contributed by atoms with Gasteiger partial charge < -0.3 is 15.7 Å². The summed E-state index contributed by atoms with van der Waals surface area (Å²) in [5.41, 5.74) is 0. The number of carbonyl (C=O) groups is 1. The summed E-state index contributed by atoms with van der Waals surface area (Å²) in [5.74, 6) is 0.267. The molecule has 3 N–H and O–H groups in total. The van der Waals surface area contributed by atoms with Gasteiger partial charge in [-0.1, -0.05) is 0 Å². The van der Waals surface area contributed by atoms with E-state index in [0.29, 0.717) is 12.8 Å². The lowest BCUT2D eigenvalue weighted by atomic mass is 10.2. The van der Waals surface area contributed by atoms with Gasteiger partial charge in [-0.2, -0.15) is 0 Å². The minimum absolute atomic E-state index is 0.0856. The molecule has 0 radical (unpaired) electrons. The van der Waals surface area contributed by atoms with E-state index in [0.717, 1.165) is 0 Å². The van der Waals surface area contributed by atoms with Crippen molar-refractivity contribution in [2.45, 2.75) is 31.9 Å². The van der Waals surface area contributed by atoms with Crippen LogP contribution in [0, 0.1) is 0 Å². The zero-order valence-corrected chi connectivity index (χ0v) is 10.1. The zero-order chi connectivity index (χ0) is 12.2. The van der Waals surface area contributed by atoms with E-state index in [9.17, 15) is 13.2 Å². The Kier molecular flexibility index (Phi) is 4.55. The van der Waals surface area contributed by atoms with E-state index in [1.807, 2.05) is 0 Å². The Morgan fingerprint density at radius 1 is 1.44 bits per heavy atom. The average molecular weight is 250 g/mol. The number of nitrogens with one attached hydrogen (secondary N) is 2. The molecule has 6 nitrogen and oxygen atoms in total. The van der Waals surface area contributed by atoms with Crippen LogP contribution in [0.2, 0.25) is 0 Å². The molecule has 1 unspecified atom stereocenters. The first-order chi connectivity index (χ1) is 7.39. The topological polar surface area (TPSA) is 95.5 Å². The zero-order valence-electron chi connectivity index (χ0n) is 9.27. The molecule has 0 aromatic rings. The van der Waals surface area contributed by atoms with Gasteiger partial charge >= 0.3 is 6.03 Å². The lowest BCUT2D eigenvalue weighted by Gasteiger charge is -2.23. The number of rotatable bonds is 3. The van der Waals surface area contributed by atoms with Gasteiger partial charge in [0.2, 0.25) is 0 Å². The SMILES string of the molecule is CC(O)CNC(=O)NC1CCS(=O)(=O)CC1. The molecule has 0 spiro atoms. The molecule has 0 aromatic carbocycles. The predicted octanol–water partition coefficient (Wildman–Crippen LogP) is -0.756. The van der Waals surface area contributed by atoms with Crippen LogP contribution >= 0.6 is 0 Å². The summed E-state index contributed by atoms with van der Waals surface area (Å²) in [6.07, 6.45) is 0.340. The summed E-state index contributed by atoms with van der Waals surface area (Å²) in [5, 5.41) is 14.1. The number of urea groups is 1. The van der Waals surface area contributed by atoms with E-state index in [-0.39, 0.29) is 30.1 Å². The van der Waals surface area contributed by atoms with Gasteiger partial charge in [-0.25, -0.2) is 13.2 Å². The highest BCUT2D eigenvalue weighted by Gasteiger charge is 2.24. The molecular formula is C9H18N2O4S. The quantitative estimate of drug-likeness (QED) is 0.614. The highest BCUT2D eigenvalue weighted by Crippen LogP contribution is 2.11. The van der Waals surface area contributed by atoms with Crippen molar-refractivity contribution in [3.63, 3.8) is 0 Å². The van der Waals surface area contributed by atoms with Crippen molar-refractivity contribution in [1.29, 1.82) is 0 Å². The van der Waals surface area contributed by atoms with Crippen LogP contribution in [0.3, 0.4) is 0 Å². The first kappa shape index (κ1) is 13.2. The molecule has 1 aliphatic rings. The molecule has 16 heavy (non-hydrogen) atoms. The number of aliphatic hydroxyl groups excluding tert-OH is 1. The summed E-state index contributed by atoms with van der Waals surface area (Å²) < 4.78 is 22.3. The van der Waals surface area contributed by atoms with Crippen molar-refractivity contribution in [2.75, 3.05) is 18.1 Å². The van der Waals surface area contributed by atoms with E-state index >= 15 is 0 Å². The Morgan fingerprint density at radius 2 is 2.00 bits per heavy atom. The highest BCUT2D eigenvalue weighted by atomic mass is 32.2. The van der Waals surface area contributed by atoms with E-state index in [1.54, 1.807) is 6.92 Å². The van der Waals surface area contributed by atoms with Crippen molar-refractivity contribution < 1.29 is 18.3 Å². The van der Waals surface area contributed by atoms with Crippen LogP contribution in [-0.4, -0.2) is 49.8 Å². The molecule has 94 valence electrons. The van der Waals surface area contributed by atoms with Crippen LogP contribution in [0.5, 0.6) is 0 Å². The van der Waals surface area contributed by atoms with Crippen molar-refractivity contribution in [1.82, 2.24) is 10.6 Å². The molecule has 0 aromatic heterocycles. The molecule has 1 heterocycles. The molecule has 0 saturated carbocycles. The van der Waals surface area contributed by atoms with Crippen molar-refractivity contribution in [3.05, 3.63) is 0 Å². The fraction of sp³-hybridized carbons (Fsp3) is 0.889. The Morgan fingerprint density at radius 3 is 2.50 bits per heavy atom. The maximum Gasteiger partial charge on any atom is 0.315 e. The average Bonchev–Trinajstić information content (AvgIpc) is 2.18. The minimum atomic E-state index is -2.89. The summed E-state index contributed by atoms with van der Waals surface area (Å²) in [6.45, 7) is 1.77. The molecule has 1 saturated heterocycles. The summed E-state index contributed by atoms with van der Waals surface area (Å²) in [7, 11) is -2.89.